The Balaban J connectivity index is 2.56. The van der Waals surface area contributed by atoms with Gasteiger partial charge in [0, 0.05) is 29.5 Å². The van der Waals surface area contributed by atoms with Gasteiger partial charge in [-0.3, -0.25) is 0 Å². The van der Waals surface area contributed by atoms with Crippen molar-refractivity contribution in [2.24, 2.45) is 0 Å². The SMILES string of the molecule is CCCn1ccnc1-c1ccc(Cl)cc1C(=O)O. The highest BCUT2D eigenvalue weighted by Gasteiger charge is 2.15. The number of carboxylic acid groups (broad SMARTS) is 1. The third-order valence-corrected chi connectivity index (χ3v) is 2.87. The van der Waals surface area contributed by atoms with Crippen molar-refractivity contribution in [1.29, 1.82) is 0 Å². The molecule has 0 aliphatic rings. The Morgan fingerprint density at radius 1 is 1.50 bits per heavy atom. The Labute approximate surface area is 110 Å². The Bertz CT molecular complexity index is 578. The number of carbonyl (C=O) groups is 1. The summed E-state index contributed by atoms with van der Waals surface area (Å²) in [6.45, 7) is 2.86. The number of rotatable bonds is 4. The molecular weight excluding hydrogens is 252 g/mol. The Morgan fingerprint density at radius 3 is 2.94 bits per heavy atom. The van der Waals surface area contributed by atoms with Gasteiger partial charge in [-0.05, 0) is 24.6 Å². The number of imidazole rings is 1. The molecule has 1 N–H and O–H groups in total. The molecule has 2 rings (SSSR count). The van der Waals surface area contributed by atoms with Crippen LogP contribution in [0.25, 0.3) is 11.4 Å². The van der Waals surface area contributed by atoms with Crippen molar-refractivity contribution in [3.63, 3.8) is 0 Å². The van der Waals surface area contributed by atoms with E-state index >= 15 is 0 Å². The third kappa shape index (κ3) is 2.38. The number of nitrogens with zero attached hydrogens (tertiary/aromatic N) is 2. The van der Waals surface area contributed by atoms with Crippen molar-refractivity contribution >= 4 is 17.6 Å². The maximum atomic E-state index is 11.2. The molecule has 1 heterocycles. The van der Waals surface area contributed by atoms with E-state index in [-0.39, 0.29) is 5.56 Å². The Kier molecular flexibility index (Phi) is 3.67. The molecule has 18 heavy (non-hydrogen) atoms. The number of aromatic nitrogens is 2. The molecular formula is C13H13ClN2O2. The minimum absolute atomic E-state index is 0.172. The topological polar surface area (TPSA) is 55.1 Å². The third-order valence-electron chi connectivity index (χ3n) is 2.63. The fraction of sp³-hybridized carbons (Fsp3) is 0.231. The number of hydrogen-bond donors (Lipinski definition) is 1. The van der Waals surface area contributed by atoms with E-state index in [1.807, 2.05) is 10.8 Å². The van der Waals surface area contributed by atoms with Crippen LogP contribution in [0.5, 0.6) is 0 Å². The molecule has 2 aromatic rings. The van der Waals surface area contributed by atoms with Gasteiger partial charge in [0.25, 0.3) is 0 Å². The van der Waals surface area contributed by atoms with E-state index in [1.165, 1.54) is 6.07 Å². The molecule has 0 amide bonds. The summed E-state index contributed by atoms with van der Waals surface area (Å²) in [5, 5.41) is 9.62. The zero-order valence-corrected chi connectivity index (χ0v) is 10.7. The van der Waals surface area contributed by atoms with Crippen LogP contribution in [0.3, 0.4) is 0 Å². The van der Waals surface area contributed by atoms with Gasteiger partial charge in [-0.2, -0.15) is 0 Å². The van der Waals surface area contributed by atoms with Gasteiger partial charge in [0.1, 0.15) is 5.82 Å². The van der Waals surface area contributed by atoms with E-state index in [0.29, 0.717) is 16.4 Å². The van der Waals surface area contributed by atoms with Crippen molar-refractivity contribution in [3.05, 3.63) is 41.2 Å². The van der Waals surface area contributed by atoms with E-state index in [0.717, 1.165) is 13.0 Å². The molecule has 0 aliphatic heterocycles. The zero-order valence-electron chi connectivity index (χ0n) is 9.93. The first-order valence-electron chi connectivity index (χ1n) is 5.68. The van der Waals surface area contributed by atoms with Crippen LogP contribution in [0.4, 0.5) is 0 Å². The number of carboxylic acids is 1. The highest BCUT2D eigenvalue weighted by atomic mass is 35.5. The number of benzene rings is 1. The second-order valence-corrected chi connectivity index (χ2v) is 4.38. The minimum atomic E-state index is -1.00. The number of aryl methyl sites for hydroxylation is 1. The van der Waals surface area contributed by atoms with Crippen LogP contribution in [-0.4, -0.2) is 20.6 Å². The minimum Gasteiger partial charge on any atom is -0.478 e. The monoisotopic (exact) mass is 264 g/mol. The molecule has 1 aromatic heterocycles. The summed E-state index contributed by atoms with van der Waals surface area (Å²) in [6, 6.07) is 4.82. The van der Waals surface area contributed by atoms with Gasteiger partial charge >= 0.3 is 5.97 Å². The first kappa shape index (κ1) is 12.6. The average molecular weight is 265 g/mol. The van der Waals surface area contributed by atoms with E-state index in [2.05, 4.69) is 11.9 Å². The summed E-state index contributed by atoms with van der Waals surface area (Å²) < 4.78 is 1.94. The van der Waals surface area contributed by atoms with E-state index in [9.17, 15) is 9.90 Å². The molecule has 0 unspecified atom stereocenters. The molecule has 5 heteroatoms. The number of aromatic carboxylic acids is 1. The van der Waals surface area contributed by atoms with Crippen molar-refractivity contribution in [1.82, 2.24) is 9.55 Å². The number of halogens is 1. The van der Waals surface area contributed by atoms with Gasteiger partial charge in [-0.25, -0.2) is 9.78 Å². The van der Waals surface area contributed by atoms with Crippen LogP contribution in [0.15, 0.2) is 30.6 Å². The highest BCUT2D eigenvalue weighted by molar-refractivity contribution is 6.31. The second-order valence-electron chi connectivity index (χ2n) is 3.94. The lowest BCUT2D eigenvalue weighted by molar-refractivity contribution is 0.0697. The van der Waals surface area contributed by atoms with Crippen LogP contribution >= 0.6 is 11.6 Å². The van der Waals surface area contributed by atoms with Crippen molar-refractivity contribution < 1.29 is 9.90 Å². The molecule has 0 spiro atoms. The predicted octanol–water partition coefficient (Wildman–Crippen LogP) is 3.31. The summed E-state index contributed by atoms with van der Waals surface area (Å²) >= 11 is 5.83. The van der Waals surface area contributed by atoms with Crippen molar-refractivity contribution in [3.8, 4) is 11.4 Å². The van der Waals surface area contributed by atoms with Gasteiger partial charge in [0.05, 0.1) is 5.56 Å². The molecule has 0 atom stereocenters. The molecule has 94 valence electrons. The molecule has 0 saturated heterocycles. The fourth-order valence-corrected chi connectivity index (χ4v) is 2.04. The highest BCUT2D eigenvalue weighted by Crippen LogP contribution is 2.25. The standard InChI is InChI=1S/C13H13ClN2O2/c1-2-6-16-7-5-15-12(16)10-4-3-9(14)8-11(10)13(17)18/h3-5,7-8H,2,6H2,1H3,(H,17,18). The lowest BCUT2D eigenvalue weighted by atomic mass is 10.1. The van der Waals surface area contributed by atoms with E-state index in [4.69, 9.17) is 11.6 Å². The van der Waals surface area contributed by atoms with Crippen LogP contribution < -0.4 is 0 Å². The summed E-state index contributed by atoms with van der Waals surface area (Å²) in [6.07, 6.45) is 4.48. The lowest BCUT2D eigenvalue weighted by Crippen LogP contribution is -2.04. The molecule has 4 nitrogen and oxygen atoms in total. The first-order valence-corrected chi connectivity index (χ1v) is 6.05. The summed E-state index contributed by atoms with van der Waals surface area (Å²) in [5.74, 6) is -0.343. The molecule has 0 bridgehead atoms. The van der Waals surface area contributed by atoms with Gasteiger partial charge in [0.15, 0.2) is 0 Å². The number of hydrogen-bond acceptors (Lipinski definition) is 2. The van der Waals surface area contributed by atoms with Crippen LogP contribution in [0.1, 0.15) is 23.7 Å². The summed E-state index contributed by atoms with van der Waals surface area (Å²) in [4.78, 5) is 15.5. The predicted molar refractivity (Wildman–Crippen MR) is 69.9 cm³/mol. The fourth-order valence-electron chi connectivity index (χ4n) is 1.86. The molecule has 0 saturated carbocycles. The lowest BCUT2D eigenvalue weighted by Gasteiger charge is -2.09. The largest absolute Gasteiger partial charge is 0.478 e. The van der Waals surface area contributed by atoms with E-state index in [1.54, 1.807) is 18.3 Å². The zero-order chi connectivity index (χ0) is 13.1. The van der Waals surface area contributed by atoms with Gasteiger partial charge < -0.3 is 9.67 Å². The molecule has 0 fully saturated rings. The Hall–Kier alpha value is -1.81. The molecule has 0 radical (unpaired) electrons. The molecule has 0 aliphatic carbocycles. The van der Waals surface area contributed by atoms with Gasteiger partial charge in [0.2, 0.25) is 0 Å². The van der Waals surface area contributed by atoms with E-state index < -0.39 is 5.97 Å². The Morgan fingerprint density at radius 2 is 2.28 bits per heavy atom. The molecule has 1 aromatic carbocycles. The van der Waals surface area contributed by atoms with Gasteiger partial charge in [-0.15, -0.1) is 0 Å². The van der Waals surface area contributed by atoms with Gasteiger partial charge in [-0.1, -0.05) is 18.5 Å². The summed E-state index contributed by atoms with van der Waals surface area (Å²) in [7, 11) is 0. The summed E-state index contributed by atoms with van der Waals surface area (Å²) in [5.41, 5.74) is 0.761. The maximum absolute atomic E-state index is 11.2. The van der Waals surface area contributed by atoms with Crippen molar-refractivity contribution in [2.45, 2.75) is 19.9 Å². The van der Waals surface area contributed by atoms with Crippen molar-refractivity contribution in [2.75, 3.05) is 0 Å². The van der Waals surface area contributed by atoms with Crippen LogP contribution in [-0.2, 0) is 6.54 Å². The average Bonchev–Trinajstić information content (AvgIpc) is 2.77. The first-order chi connectivity index (χ1) is 8.63. The maximum Gasteiger partial charge on any atom is 0.336 e. The second kappa shape index (κ2) is 5.23. The normalized spacial score (nSPS) is 10.6. The van der Waals surface area contributed by atoms with Crippen LogP contribution in [0.2, 0.25) is 5.02 Å². The smallest absolute Gasteiger partial charge is 0.336 e. The van der Waals surface area contributed by atoms with Crippen LogP contribution in [0, 0.1) is 0 Å². The quantitative estimate of drug-likeness (QED) is 0.922.